The van der Waals surface area contributed by atoms with Crippen LogP contribution in [0.1, 0.15) is 31.4 Å². The van der Waals surface area contributed by atoms with Gasteiger partial charge in [-0.2, -0.15) is 0 Å². The van der Waals surface area contributed by atoms with E-state index in [-0.39, 0.29) is 0 Å². The van der Waals surface area contributed by atoms with Gasteiger partial charge in [-0.05, 0) is 43.0 Å². The summed E-state index contributed by atoms with van der Waals surface area (Å²) >= 11 is 6.78. The summed E-state index contributed by atoms with van der Waals surface area (Å²) in [6, 6.07) is 5.99. The van der Waals surface area contributed by atoms with Crippen molar-refractivity contribution < 1.29 is 4.74 Å². The lowest BCUT2D eigenvalue weighted by molar-refractivity contribution is 0.412. The highest BCUT2D eigenvalue weighted by Crippen LogP contribution is 2.39. The molecule has 0 bridgehead atoms. The van der Waals surface area contributed by atoms with Crippen molar-refractivity contribution in [3.8, 4) is 28.5 Å². The maximum Gasteiger partial charge on any atom is 0.217 e. The van der Waals surface area contributed by atoms with Crippen LogP contribution in [0.2, 0.25) is 5.15 Å². The van der Waals surface area contributed by atoms with Crippen LogP contribution in [-0.4, -0.2) is 31.3 Å². The Balaban J connectivity index is 1.97. The molecule has 0 aliphatic heterocycles. The molecule has 0 unspecified atom stereocenters. The van der Waals surface area contributed by atoms with Crippen molar-refractivity contribution in [3.63, 3.8) is 0 Å². The number of hydrogen-bond acceptors (Lipinski definition) is 4. The van der Waals surface area contributed by atoms with E-state index in [2.05, 4.69) is 42.5 Å². The molecule has 1 aromatic carbocycles. The van der Waals surface area contributed by atoms with Gasteiger partial charge in [0.05, 0.1) is 7.11 Å². The Labute approximate surface area is 204 Å². The summed E-state index contributed by atoms with van der Waals surface area (Å²) in [6.07, 6.45) is 12.6. The standard InChI is InChI=1S/C27H28ClN5O/c1-7-17(2)10-8-11-18(3)23-21(20-12-9-13-22(34-6)19(20)4)16-33-24(23)25(28)30-26(31-33)27-29-14-15-32(27)5/h8-16H,3,7H2,1-2,4-6H3/b11-8-,17-10-. The Morgan fingerprint density at radius 2 is 2.06 bits per heavy atom. The first-order chi connectivity index (χ1) is 16.3. The summed E-state index contributed by atoms with van der Waals surface area (Å²) < 4.78 is 9.21. The second-order valence-electron chi connectivity index (χ2n) is 8.18. The zero-order valence-corrected chi connectivity index (χ0v) is 20.9. The number of aromatic nitrogens is 5. The monoisotopic (exact) mass is 473 g/mol. The number of methoxy groups -OCH3 is 1. The second kappa shape index (κ2) is 9.69. The predicted molar refractivity (Wildman–Crippen MR) is 139 cm³/mol. The molecule has 34 heavy (non-hydrogen) atoms. The third-order valence-electron chi connectivity index (χ3n) is 5.96. The fraction of sp³-hybridized carbons (Fsp3) is 0.222. The Kier molecular flexibility index (Phi) is 6.70. The van der Waals surface area contributed by atoms with Crippen LogP contribution in [0.5, 0.6) is 5.75 Å². The molecule has 0 N–H and O–H groups in total. The predicted octanol–water partition coefficient (Wildman–Crippen LogP) is 6.69. The summed E-state index contributed by atoms with van der Waals surface area (Å²) in [5.74, 6) is 1.90. The number of aryl methyl sites for hydroxylation is 1. The molecular weight excluding hydrogens is 446 g/mol. The van der Waals surface area contributed by atoms with Gasteiger partial charge in [-0.25, -0.2) is 14.5 Å². The number of benzene rings is 1. The number of allylic oxidation sites excluding steroid dienone is 5. The van der Waals surface area contributed by atoms with Gasteiger partial charge in [0.15, 0.2) is 11.0 Å². The summed E-state index contributed by atoms with van der Waals surface area (Å²) in [5.41, 5.74) is 6.67. The topological polar surface area (TPSA) is 57.2 Å². The highest BCUT2D eigenvalue weighted by atomic mass is 35.5. The van der Waals surface area contributed by atoms with E-state index in [1.165, 1.54) is 5.57 Å². The van der Waals surface area contributed by atoms with E-state index >= 15 is 0 Å². The molecule has 3 aromatic heterocycles. The average molecular weight is 474 g/mol. The van der Waals surface area contributed by atoms with Gasteiger partial charge in [0, 0.05) is 36.8 Å². The van der Waals surface area contributed by atoms with Crippen molar-refractivity contribution >= 4 is 22.7 Å². The minimum Gasteiger partial charge on any atom is -0.496 e. The molecule has 0 aliphatic rings. The Morgan fingerprint density at radius 1 is 1.26 bits per heavy atom. The molecule has 0 aliphatic carbocycles. The fourth-order valence-corrected chi connectivity index (χ4v) is 4.16. The van der Waals surface area contributed by atoms with E-state index in [0.29, 0.717) is 22.3 Å². The van der Waals surface area contributed by atoms with Crippen LogP contribution < -0.4 is 4.74 Å². The van der Waals surface area contributed by atoms with Crippen molar-refractivity contribution in [2.45, 2.75) is 27.2 Å². The summed E-state index contributed by atoms with van der Waals surface area (Å²) in [7, 11) is 3.57. The quantitative estimate of drug-likeness (QED) is 0.280. The molecule has 0 amide bonds. The minimum absolute atomic E-state index is 0.338. The van der Waals surface area contributed by atoms with Crippen molar-refractivity contribution in [1.82, 2.24) is 24.1 Å². The molecule has 0 spiro atoms. The average Bonchev–Trinajstić information content (AvgIpc) is 3.42. The Bertz CT molecular complexity index is 1440. The first-order valence-electron chi connectivity index (χ1n) is 11.1. The van der Waals surface area contributed by atoms with Gasteiger partial charge >= 0.3 is 0 Å². The van der Waals surface area contributed by atoms with Crippen molar-refractivity contribution in [2.75, 3.05) is 7.11 Å². The number of halogens is 1. The van der Waals surface area contributed by atoms with Crippen molar-refractivity contribution in [1.29, 1.82) is 0 Å². The summed E-state index contributed by atoms with van der Waals surface area (Å²) in [6.45, 7) is 10.6. The van der Waals surface area contributed by atoms with E-state index in [0.717, 1.165) is 40.0 Å². The van der Waals surface area contributed by atoms with Gasteiger partial charge in [0.25, 0.3) is 0 Å². The lowest BCUT2D eigenvalue weighted by Crippen LogP contribution is -2.02. The second-order valence-corrected chi connectivity index (χ2v) is 8.54. The highest BCUT2D eigenvalue weighted by molar-refractivity contribution is 6.33. The molecule has 0 saturated carbocycles. The lowest BCUT2D eigenvalue weighted by atomic mass is 9.95. The van der Waals surface area contributed by atoms with Crippen LogP contribution >= 0.6 is 11.6 Å². The number of fused-ring (bicyclic) bond motifs is 1. The number of imidazole rings is 1. The van der Waals surface area contributed by atoms with Crippen LogP contribution in [0, 0.1) is 6.92 Å². The molecule has 0 fully saturated rings. The van der Waals surface area contributed by atoms with Gasteiger partial charge in [0.2, 0.25) is 5.82 Å². The Morgan fingerprint density at radius 3 is 2.74 bits per heavy atom. The third kappa shape index (κ3) is 4.29. The van der Waals surface area contributed by atoms with Gasteiger partial charge < -0.3 is 9.30 Å². The van der Waals surface area contributed by atoms with Gasteiger partial charge in [0.1, 0.15) is 11.3 Å². The largest absolute Gasteiger partial charge is 0.496 e. The zero-order chi connectivity index (χ0) is 24.4. The Hall–Kier alpha value is -3.64. The summed E-state index contributed by atoms with van der Waals surface area (Å²) in [4.78, 5) is 8.95. The molecule has 3 heterocycles. The van der Waals surface area contributed by atoms with Gasteiger partial charge in [-0.3, -0.25) is 0 Å². The number of ether oxygens (including phenoxy) is 1. The smallest absolute Gasteiger partial charge is 0.217 e. The SMILES string of the molecule is C=C(/C=C\C=C(\C)CC)c1c(-c2cccc(OC)c2C)cn2nc(-c3nccn3C)nc(Cl)c12. The lowest BCUT2D eigenvalue weighted by Gasteiger charge is -2.11. The molecule has 6 nitrogen and oxygen atoms in total. The molecular formula is C27H28ClN5O. The first-order valence-corrected chi connectivity index (χ1v) is 11.5. The van der Waals surface area contributed by atoms with Crippen LogP contribution in [0.3, 0.4) is 0 Å². The van der Waals surface area contributed by atoms with Crippen LogP contribution in [0.4, 0.5) is 0 Å². The molecule has 174 valence electrons. The molecule has 0 atom stereocenters. The maximum atomic E-state index is 6.78. The number of hydrogen-bond donors (Lipinski definition) is 0. The third-order valence-corrected chi connectivity index (χ3v) is 6.22. The van der Waals surface area contributed by atoms with E-state index in [4.69, 9.17) is 21.4 Å². The zero-order valence-electron chi connectivity index (χ0n) is 20.1. The maximum absolute atomic E-state index is 6.78. The van der Waals surface area contributed by atoms with Crippen molar-refractivity contribution in [3.05, 3.63) is 83.4 Å². The van der Waals surface area contributed by atoms with Crippen molar-refractivity contribution in [2.24, 2.45) is 7.05 Å². The summed E-state index contributed by atoms with van der Waals surface area (Å²) in [5, 5.41) is 5.09. The molecule has 7 heteroatoms. The number of nitrogens with zero attached hydrogens (tertiary/aromatic N) is 5. The number of rotatable bonds is 7. The van der Waals surface area contributed by atoms with E-state index < -0.39 is 0 Å². The molecule has 4 aromatic rings. The molecule has 4 rings (SSSR count). The molecule has 0 saturated heterocycles. The minimum atomic E-state index is 0.338. The van der Waals surface area contributed by atoms with Gasteiger partial charge in [-0.1, -0.05) is 61.0 Å². The van der Waals surface area contributed by atoms with Gasteiger partial charge in [-0.15, -0.1) is 5.10 Å². The van der Waals surface area contributed by atoms with E-state index in [1.54, 1.807) is 17.8 Å². The highest BCUT2D eigenvalue weighted by Gasteiger charge is 2.22. The van der Waals surface area contributed by atoms with Crippen LogP contribution in [-0.2, 0) is 7.05 Å². The van der Waals surface area contributed by atoms with E-state index in [1.807, 2.05) is 55.2 Å². The van der Waals surface area contributed by atoms with Crippen LogP contribution in [0.15, 0.2) is 67.2 Å². The normalized spacial score (nSPS) is 12.1. The van der Waals surface area contributed by atoms with Crippen LogP contribution in [0.25, 0.3) is 33.9 Å². The fourth-order valence-electron chi connectivity index (χ4n) is 3.90. The van der Waals surface area contributed by atoms with E-state index in [9.17, 15) is 0 Å². The molecule has 0 radical (unpaired) electrons. The first kappa shape index (κ1) is 23.5.